The highest BCUT2D eigenvalue weighted by Crippen LogP contribution is 2.17. The number of rotatable bonds is 40. The molecular weight excluding hydrogens is 648 g/mol. The Hall–Kier alpha value is -1.59. The quantitative estimate of drug-likeness (QED) is 0.0354. The third-order valence-electron chi connectivity index (χ3n) is 10.6. The third kappa shape index (κ3) is 38.1. The monoisotopic (exact) mass is 737 g/mol. The molecule has 0 N–H and O–H groups in total. The van der Waals surface area contributed by atoms with Gasteiger partial charge in [0.05, 0.1) is 0 Å². The summed E-state index contributed by atoms with van der Waals surface area (Å²) >= 11 is 0. The standard InChI is InChI=1S/C46H88O6/c1-6-8-9-10-11-12-13-14-15-16-20-26-31-36-44(47)50-39-43(40-51-45(48)37-32-27-23-22-24-29-34-41(3)4)52-46(49)38-33-28-21-18-17-19-25-30-35-42(5)7-2/h41-43H,6-40H2,1-5H3/t42?,43-/m0/s1. The second-order valence-corrected chi connectivity index (χ2v) is 16.4. The molecule has 0 rings (SSSR count). The predicted molar refractivity (Wildman–Crippen MR) is 220 cm³/mol. The van der Waals surface area contributed by atoms with Crippen molar-refractivity contribution in [1.29, 1.82) is 0 Å². The first-order chi connectivity index (χ1) is 25.3. The minimum atomic E-state index is -0.761. The number of carbonyl (C=O) groups is 3. The van der Waals surface area contributed by atoms with Gasteiger partial charge in [0.2, 0.25) is 0 Å². The Kier molecular flexibility index (Phi) is 37.9. The number of carbonyl (C=O) groups excluding carboxylic acids is 3. The van der Waals surface area contributed by atoms with Crippen LogP contribution in [0.2, 0.25) is 0 Å². The molecule has 0 aliphatic rings. The van der Waals surface area contributed by atoms with Crippen LogP contribution in [0.4, 0.5) is 0 Å². The van der Waals surface area contributed by atoms with E-state index in [0.717, 1.165) is 69.6 Å². The van der Waals surface area contributed by atoms with Crippen LogP contribution in [0, 0.1) is 11.8 Å². The normalized spacial score (nSPS) is 12.6. The van der Waals surface area contributed by atoms with Gasteiger partial charge in [0.15, 0.2) is 6.10 Å². The molecule has 6 nitrogen and oxygen atoms in total. The van der Waals surface area contributed by atoms with Crippen molar-refractivity contribution < 1.29 is 28.6 Å². The van der Waals surface area contributed by atoms with E-state index in [1.807, 2.05) is 0 Å². The van der Waals surface area contributed by atoms with Crippen LogP contribution in [0.15, 0.2) is 0 Å². The largest absolute Gasteiger partial charge is 0.462 e. The van der Waals surface area contributed by atoms with Gasteiger partial charge in [-0.3, -0.25) is 14.4 Å². The van der Waals surface area contributed by atoms with Crippen molar-refractivity contribution in [3.8, 4) is 0 Å². The van der Waals surface area contributed by atoms with Gasteiger partial charge in [-0.1, -0.05) is 208 Å². The molecule has 52 heavy (non-hydrogen) atoms. The molecule has 0 aromatic carbocycles. The van der Waals surface area contributed by atoms with Crippen LogP contribution in [-0.4, -0.2) is 37.2 Å². The van der Waals surface area contributed by atoms with Gasteiger partial charge in [-0.2, -0.15) is 0 Å². The highest BCUT2D eigenvalue weighted by molar-refractivity contribution is 5.71. The van der Waals surface area contributed by atoms with Crippen LogP contribution >= 0.6 is 0 Å². The van der Waals surface area contributed by atoms with Gasteiger partial charge < -0.3 is 14.2 Å². The Morgan fingerprint density at radius 3 is 1.10 bits per heavy atom. The Morgan fingerprint density at radius 2 is 0.731 bits per heavy atom. The summed E-state index contributed by atoms with van der Waals surface area (Å²) in [5, 5.41) is 0. The maximum atomic E-state index is 12.7. The van der Waals surface area contributed by atoms with Gasteiger partial charge in [0.25, 0.3) is 0 Å². The van der Waals surface area contributed by atoms with Crippen molar-refractivity contribution in [1.82, 2.24) is 0 Å². The fourth-order valence-electron chi connectivity index (χ4n) is 6.72. The summed E-state index contributed by atoms with van der Waals surface area (Å²) in [6.45, 7) is 11.3. The third-order valence-corrected chi connectivity index (χ3v) is 10.6. The topological polar surface area (TPSA) is 78.9 Å². The lowest BCUT2D eigenvalue weighted by Crippen LogP contribution is -2.30. The molecule has 0 aromatic rings. The fourth-order valence-corrected chi connectivity index (χ4v) is 6.72. The molecule has 0 bridgehead atoms. The van der Waals surface area contributed by atoms with Crippen LogP contribution in [-0.2, 0) is 28.6 Å². The minimum absolute atomic E-state index is 0.0658. The smallest absolute Gasteiger partial charge is 0.306 e. The molecule has 6 heteroatoms. The molecule has 0 saturated heterocycles. The number of hydrogen-bond donors (Lipinski definition) is 0. The zero-order chi connectivity index (χ0) is 38.3. The summed E-state index contributed by atoms with van der Waals surface area (Å²) in [6.07, 6.45) is 36.6. The van der Waals surface area contributed by atoms with E-state index in [9.17, 15) is 14.4 Å². The van der Waals surface area contributed by atoms with Crippen molar-refractivity contribution in [3.05, 3.63) is 0 Å². The van der Waals surface area contributed by atoms with Crippen molar-refractivity contribution in [2.45, 2.75) is 253 Å². The van der Waals surface area contributed by atoms with E-state index >= 15 is 0 Å². The minimum Gasteiger partial charge on any atom is -0.462 e. The molecular formula is C46H88O6. The second kappa shape index (κ2) is 39.1. The first-order valence-corrected chi connectivity index (χ1v) is 22.8. The molecule has 0 amide bonds. The van der Waals surface area contributed by atoms with Crippen LogP contribution in [0.25, 0.3) is 0 Å². The first kappa shape index (κ1) is 50.4. The lowest BCUT2D eigenvalue weighted by atomic mass is 9.99. The van der Waals surface area contributed by atoms with Crippen LogP contribution < -0.4 is 0 Å². The molecule has 0 aromatic heterocycles. The molecule has 0 radical (unpaired) electrons. The average molecular weight is 737 g/mol. The van der Waals surface area contributed by atoms with Gasteiger partial charge >= 0.3 is 17.9 Å². The lowest BCUT2D eigenvalue weighted by molar-refractivity contribution is -0.167. The van der Waals surface area contributed by atoms with Gasteiger partial charge in [0, 0.05) is 19.3 Å². The van der Waals surface area contributed by atoms with Gasteiger partial charge in [0.1, 0.15) is 13.2 Å². The molecule has 0 aliphatic heterocycles. The predicted octanol–water partition coefficient (Wildman–Crippen LogP) is 14.2. The number of unbranched alkanes of at least 4 members (excludes halogenated alkanes) is 24. The Labute approximate surface area is 323 Å². The van der Waals surface area contributed by atoms with Crippen LogP contribution in [0.1, 0.15) is 247 Å². The Morgan fingerprint density at radius 1 is 0.404 bits per heavy atom. The van der Waals surface area contributed by atoms with Gasteiger partial charge in [-0.15, -0.1) is 0 Å². The Bertz CT molecular complexity index is 796. The highest BCUT2D eigenvalue weighted by atomic mass is 16.6. The molecule has 2 atom stereocenters. The molecule has 1 unspecified atom stereocenters. The van der Waals surface area contributed by atoms with E-state index in [0.29, 0.717) is 19.3 Å². The SMILES string of the molecule is CCCCCCCCCCCCCCCC(=O)OC[C@@H](COC(=O)CCCCCCCCC(C)C)OC(=O)CCCCCCCCCCC(C)CC. The molecule has 0 saturated carbocycles. The summed E-state index contributed by atoms with van der Waals surface area (Å²) in [6, 6.07) is 0. The maximum absolute atomic E-state index is 12.7. The fraction of sp³-hybridized carbons (Fsp3) is 0.935. The summed E-state index contributed by atoms with van der Waals surface area (Å²) < 4.78 is 16.7. The van der Waals surface area contributed by atoms with E-state index in [-0.39, 0.29) is 31.1 Å². The van der Waals surface area contributed by atoms with Crippen molar-refractivity contribution in [3.63, 3.8) is 0 Å². The molecule has 0 aliphatic carbocycles. The van der Waals surface area contributed by atoms with E-state index < -0.39 is 6.10 Å². The van der Waals surface area contributed by atoms with E-state index in [1.54, 1.807) is 0 Å². The zero-order valence-electron chi connectivity index (χ0n) is 35.4. The summed E-state index contributed by atoms with van der Waals surface area (Å²) in [7, 11) is 0. The lowest BCUT2D eigenvalue weighted by Gasteiger charge is -2.18. The van der Waals surface area contributed by atoms with Crippen molar-refractivity contribution >= 4 is 17.9 Å². The Balaban J connectivity index is 4.33. The molecule has 0 heterocycles. The first-order valence-electron chi connectivity index (χ1n) is 22.8. The average Bonchev–Trinajstić information content (AvgIpc) is 3.12. The van der Waals surface area contributed by atoms with Crippen molar-refractivity contribution in [2.24, 2.45) is 11.8 Å². The number of hydrogen-bond acceptors (Lipinski definition) is 6. The molecule has 0 fully saturated rings. The molecule has 308 valence electrons. The van der Waals surface area contributed by atoms with Gasteiger partial charge in [-0.25, -0.2) is 0 Å². The second-order valence-electron chi connectivity index (χ2n) is 16.4. The highest BCUT2D eigenvalue weighted by Gasteiger charge is 2.19. The van der Waals surface area contributed by atoms with E-state index in [1.165, 1.54) is 135 Å². The van der Waals surface area contributed by atoms with E-state index in [2.05, 4.69) is 34.6 Å². The maximum Gasteiger partial charge on any atom is 0.306 e. The van der Waals surface area contributed by atoms with Crippen LogP contribution in [0.3, 0.4) is 0 Å². The summed E-state index contributed by atoms with van der Waals surface area (Å²) in [4.78, 5) is 37.7. The van der Waals surface area contributed by atoms with Crippen molar-refractivity contribution in [2.75, 3.05) is 13.2 Å². The number of esters is 3. The van der Waals surface area contributed by atoms with E-state index in [4.69, 9.17) is 14.2 Å². The molecule has 0 spiro atoms. The summed E-state index contributed by atoms with van der Waals surface area (Å²) in [5.41, 5.74) is 0. The number of ether oxygens (including phenoxy) is 3. The summed E-state index contributed by atoms with van der Waals surface area (Å²) in [5.74, 6) is 0.745. The zero-order valence-corrected chi connectivity index (χ0v) is 35.4. The van der Waals surface area contributed by atoms with Gasteiger partial charge in [-0.05, 0) is 31.1 Å². The van der Waals surface area contributed by atoms with Crippen LogP contribution in [0.5, 0.6) is 0 Å².